The number of benzene rings is 1. The third-order valence-corrected chi connectivity index (χ3v) is 5.68. The second-order valence-electron chi connectivity index (χ2n) is 6.78. The second-order valence-corrected chi connectivity index (χ2v) is 8.43. The van der Waals surface area contributed by atoms with Crippen LogP contribution in [-0.2, 0) is 14.8 Å². The summed E-state index contributed by atoms with van der Waals surface area (Å²) < 4.78 is 58.2. The first-order valence-corrected chi connectivity index (χ1v) is 10.0. The Morgan fingerprint density at radius 3 is 2.62 bits per heavy atom. The first-order valence-electron chi connectivity index (χ1n) is 8.52. The first kappa shape index (κ1) is 20.7. The van der Waals surface area contributed by atoms with Crippen LogP contribution in [0.5, 0.6) is 5.75 Å². The van der Waals surface area contributed by atoms with Gasteiger partial charge in [0, 0.05) is 12.3 Å². The molecule has 0 radical (unpaired) electrons. The lowest BCUT2D eigenvalue weighted by Gasteiger charge is -2.29. The van der Waals surface area contributed by atoms with Crippen molar-refractivity contribution in [2.75, 3.05) is 5.32 Å². The number of amides is 2. The largest absolute Gasteiger partial charge is 0.478 e. The van der Waals surface area contributed by atoms with Crippen LogP contribution in [0.2, 0.25) is 0 Å². The quantitative estimate of drug-likeness (QED) is 0.752. The van der Waals surface area contributed by atoms with Crippen molar-refractivity contribution in [2.45, 2.75) is 38.3 Å². The molecule has 1 aromatic heterocycles. The molecule has 1 aromatic carbocycles. The minimum atomic E-state index is -4.36. The van der Waals surface area contributed by atoms with Gasteiger partial charge in [-0.25, -0.2) is 17.8 Å². The normalized spacial score (nSPS) is 16.4. The highest BCUT2D eigenvalue weighted by Crippen LogP contribution is 2.35. The summed E-state index contributed by atoms with van der Waals surface area (Å²) in [5.74, 6) is -1.51. The van der Waals surface area contributed by atoms with Gasteiger partial charge in [-0.2, -0.15) is 13.9 Å². The molecule has 2 heterocycles. The van der Waals surface area contributed by atoms with E-state index in [2.05, 4.69) is 10.4 Å². The van der Waals surface area contributed by atoms with Gasteiger partial charge in [0.05, 0.1) is 10.6 Å². The van der Waals surface area contributed by atoms with Crippen LogP contribution >= 0.6 is 0 Å². The molecule has 9 nitrogen and oxygen atoms in total. The predicted octanol–water partition coefficient (Wildman–Crippen LogP) is 2.06. The van der Waals surface area contributed by atoms with Gasteiger partial charge in [0.15, 0.2) is 11.8 Å². The number of nitrogens with zero attached hydrogens (tertiary/aromatic N) is 2. The zero-order valence-electron chi connectivity index (χ0n) is 15.6. The van der Waals surface area contributed by atoms with Crippen LogP contribution in [0.3, 0.4) is 0 Å². The van der Waals surface area contributed by atoms with Crippen LogP contribution in [0.1, 0.15) is 36.4 Å². The average Bonchev–Trinajstić information content (AvgIpc) is 3.10. The van der Waals surface area contributed by atoms with Gasteiger partial charge in [0.25, 0.3) is 21.8 Å². The van der Waals surface area contributed by atoms with Crippen molar-refractivity contribution in [2.24, 2.45) is 5.92 Å². The molecule has 156 valence electrons. The van der Waals surface area contributed by atoms with E-state index in [0.717, 1.165) is 12.3 Å². The van der Waals surface area contributed by atoms with E-state index in [9.17, 15) is 26.8 Å². The third-order valence-electron chi connectivity index (χ3n) is 4.21. The molecular weight excluding hydrogens is 410 g/mol. The number of ether oxygens (including phenoxy) is 1. The fraction of sp³-hybridized carbons (Fsp3) is 0.353. The molecule has 0 spiro atoms. The Kier molecular flexibility index (Phi) is 5.30. The molecule has 0 saturated heterocycles. The van der Waals surface area contributed by atoms with Crippen molar-refractivity contribution in [1.29, 1.82) is 0 Å². The molecule has 12 heteroatoms. The molecule has 0 bridgehead atoms. The molecule has 0 aliphatic carbocycles. The Labute approximate surface area is 165 Å². The lowest BCUT2D eigenvalue weighted by molar-refractivity contribution is -0.125. The number of rotatable bonds is 5. The van der Waals surface area contributed by atoms with Crippen molar-refractivity contribution in [3.05, 3.63) is 35.7 Å². The topological polar surface area (TPSA) is 119 Å². The molecule has 1 atom stereocenters. The number of sulfonamides is 1. The second kappa shape index (κ2) is 7.43. The molecule has 3 rings (SSSR count). The number of halogens is 2. The minimum Gasteiger partial charge on any atom is -0.478 e. The van der Waals surface area contributed by atoms with Crippen LogP contribution in [0.15, 0.2) is 29.3 Å². The summed E-state index contributed by atoms with van der Waals surface area (Å²) in [5, 5.41) is 6.00. The highest BCUT2D eigenvalue weighted by atomic mass is 32.2. The van der Waals surface area contributed by atoms with Gasteiger partial charge in [-0.15, -0.1) is 0 Å². The van der Waals surface area contributed by atoms with Gasteiger partial charge < -0.3 is 10.1 Å². The van der Waals surface area contributed by atoms with Crippen LogP contribution < -0.4 is 14.8 Å². The lowest BCUT2D eigenvalue weighted by atomic mass is 10.0. The van der Waals surface area contributed by atoms with Gasteiger partial charge in [-0.1, -0.05) is 13.8 Å². The van der Waals surface area contributed by atoms with Crippen molar-refractivity contribution in [3.63, 3.8) is 0 Å². The summed E-state index contributed by atoms with van der Waals surface area (Å²) in [5.41, 5.74) is 0.0762. The SMILES string of the molecule is Cc1cc2c(cc1S(=O)(=O)NC(=O)c1ccn(C(F)F)n1)O[C@@H](C(C)C)C(=O)N2. The number of fused-ring (bicyclic) bond motifs is 1. The standard InChI is InChI=1S/C17H18F2N4O5S/c1-8(2)14-16(25)20-11-6-9(3)13(7-12(11)28-14)29(26,27)22-15(24)10-4-5-23(21-10)17(18)19/h4-8,14,17H,1-3H3,(H,20,25)(H,22,24)/t14-/m0/s1. The third kappa shape index (κ3) is 4.06. The summed E-state index contributed by atoms with van der Waals surface area (Å²) >= 11 is 0. The molecule has 0 unspecified atom stereocenters. The molecule has 0 saturated carbocycles. The lowest BCUT2D eigenvalue weighted by Crippen LogP contribution is -2.40. The number of hydrogen-bond acceptors (Lipinski definition) is 6. The number of nitrogens with one attached hydrogen (secondary N) is 2. The number of aromatic nitrogens is 2. The van der Waals surface area contributed by atoms with Crippen molar-refractivity contribution < 1.29 is 31.5 Å². The Hall–Kier alpha value is -3.02. The highest BCUT2D eigenvalue weighted by molar-refractivity contribution is 7.90. The molecular formula is C17H18F2N4O5S. The zero-order chi connectivity index (χ0) is 21.5. The minimum absolute atomic E-state index is 0.142. The maximum atomic E-state index is 12.7. The molecule has 0 fully saturated rings. The van der Waals surface area contributed by atoms with E-state index in [1.165, 1.54) is 19.1 Å². The van der Waals surface area contributed by atoms with Gasteiger partial charge in [-0.05, 0) is 30.5 Å². The summed E-state index contributed by atoms with van der Waals surface area (Å²) in [4.78, 5) is 24.0. The summed E-state index contributed by atoms with van der Waals surface area (Å²) in [6, 6.07) is 3.59. The Bertz CT molecular complexity index is 1080. The number of alkyl halides is 2. The fourth-order valence-electron chi connectivity index (χ4n) is 2.78. The van der Waals surface area contributed by atoms with Gasteiger partial charge in [0.1, 0.15) is 5.75 Å². The number of anilines is 1. The maximum Gasteiger partial charge on any atom is 0.333 e. The number of hydrogen-bond donors (Lipinski definition) is 2. The van der Waals surface area contributed by atoms with E-state index in [1.54, 1.807) is 18.6 Å². The highest BCUT2D eigenvalue weighted by Gasteiger charge is 2.32. The van der Waals surface area contributed by atoms with Crippen LogP contribution in [0.4, 0.5) is 14.5 Å². The van der Waals surface area contributed by atoms with E-state index in [4.69, 9.17) is 4.74 Å². The fourth-order valence-corrected chi connectivity index (χ4v) is 3.99. The van der Waals surface area contributed by atoms with Crippen molar-refractivity contribution in [3.8, 4) is 5.75 Å². The number of carbonyl (C=O) groups excluding carboxylic acids is 2. The first-order chi connectivity index (χ1) is 13.5. The Balaban J connectivity index is 1.90. The van der Waals surface area contributed by atoms with E-state index >= 15 is 0 Å². The summed E-state index contributed by atoms with van der Waals surface area (Å²) in [6.07, 6.45) is 0.0625. The number of aryl methyl sites for hydroxylation is 1. The summed E-state index contributed by atoms with van der Waals surface area (Å²) in [7, 11) is -4.36. The van der Waals surface area contributed by atoms with Crippen molar-refractivity contribution >= 4 is 27.5 Å². The molecule has 2 N–H and O–H groups in total. The van der Waals surface area contributed by atoms with Crippen LogP contribution in [-0.4, -0.2) is 36.1 Å². The molecule has 29 heavy (non-hydrogen) atoms. The van der Waals surface area contributed by atoms with E-state index in [-0.39, 0.29) is 32.7 Å². The summed E-state index contributed by atoms with van der Waals surface area (Å²) in [6.45, 7) is 2.07. The van der Waals surface area contributed by atoms with Gasteiger partial charge in [0.2, 0.25) is 0 Å². The Morgan fingerprint density at radius 2 is 2.03 bits per heavy atom. The van der Waals surface area contributed by atoms with Gasteiger partial charge in [-0.3, -0.25) is 9.59 Å². The zero-order valence-corrected chi connectivity index (χ0v) is 16.5. The predicted molar refractivity (Wildman–Crippen MR) is 97.2 cm³/mol. The van der Waals surface area contributed by atoms with Crippen molar-refractivity contribution in [1.82, 2.24) is 14.5 Å². The number of carbonyl (C=O) groups is 2. The molecule has 1 aliphatic heterocycles. The molecule has 2 aromatic rings. The maximum absolute atomic E-state index is 12.7. The molecule has 1 aliphatic rings. The average molecular weight is 428 g/mol. The van der Waals surface area contributed by atoms with Gasteiger partial charge >= 0.3 is 6.55 Å². The molecule has 2 amide bonds. The monoisotopic (exact) mass is 428 g/mol. The van der Waals surface area contributed by atoms with Crippen LogP contribution in [0.25, 0.3) is 0 Å². The van der Waals surface area contributed by atoms with E-state index in [0.29, 0.717) is 5.69 Å². The van der Waals surface area contributed by atoms with E-state index in [1.807, 2.05) is 0 Å². The Morgan fingerprint density at radius 1 is 1.34 bits per heavy atom. The smallest absolute Gasteiger partial charge is 0.333 e. The van der Waals surface area contributed by atoms with Crippen LogP contribution in [0, 0.1) is 12.8 Å². The van der Waals surface area contributed by atoms with E-state index < -0.39 is 34.3 Å².